The quantitative estimate of drug-likeness (QED) is 0.588. The molecule has 4 rings (SSSR count). The van der Waals surface area contributed by atoms with Crippen molar-refractivity contribution in [3.63, 3.8) is 0 Å². The average molecular weight is 423 g/mol. The third-order valence-corrected chi connectivity index (χ3v) is 6.27. The lowest BCUT2D eigenvalue weighted by molar-refractivity contribution is 0.102. The van der Waals surface area contributed by atoms with E-state index < -0.39 is 10.0 Å². The molecule has 0 aliphatic heterocycles. The van der Waals surface area contributed by atoms with Crippen LogP contribution >= 0.6 is 0 Å². The molecule has 0 heterocycles. The molecular formula is C23H22N2O4S. The van der Waals surface area contributed by atoms with Crippen molar-refractivity contribution in [1.82, 2.24) is 4.72 Å². The molecule has 3 aromatic carbocycles. The molecule has 30 heavy (non-hydrogen) atoms. The molecule has 0 radical (unpaired) electrons. The van der Waals surface area contributed by atoms with Crippen LogP contribution in [-0.4, -0.2) is 20.4 Å². The van der Waals surface area contributed by atoms with Crippen molar-refractivity contribution in [3.05, 3.63) is 83.9 Å². The monoisotopic (exact) mass is 422 g/mol. The summed E-state index contributed by atoms with van der Waals surface area (Å²) < 4.78 is 33.3. The molecule has 0 bridgehead atoms. The maximum atomic E-state index is 12.8. The lowest BCUT2D eigenvalue weighted by Crippen LogP contribution is -2.26. The van der Waals surface area contributed by atoms with Crippen molar-refractivity contribution in [2.75, 3.05) is 5.32 Å². The normalized spacial score (nSPS) is 13.6. The van der Waals surface area contributed by atoms with Crippen molar-refractivity contribution in [2.24, 2.45) is 0 Å². The van der Waals surface area contributed by atoms with Crippen molar-refractivity contribution in [1.29, 1.82) is 0 Å². The van der Waals surface area contributed by atoms with Crippen LogP contribution in [0.4, 0.5) is 5.69 Å². The van der Waals surface area contributed by atoms with Gasteiger partial charge in [0.1, 0.15) is 11.5 Å². The lowest BCUT2D eigenvalue weighted by atomic mass is 10.1. The Morgan fingerprint density at radius 2 is 1.60 bits per heavy atom. The summed E-state index contributed by atoms with van der Waals surface area (Å²) in [7, 11) is -3.62. The van der Waals surface area contributed by atoms with Gasteiger partial charge in [-0.15, -0.1) is 0 Å². The number of carbonyl (C=O) groups is 1. The lowest BCUT2D eigenvalue weighted by Gasteiger charge is -2.11. The summed E-state index contributed by atoms with van der Waals surface area (Å²) in [4.78, 5) is 12.9. The first-order valence-electron chi connectivity index (χ1n) is 9.68. The molecule has 1 fully saturated rings. The predicted molar refractivity (Wildman–Crippen MR) is 115 cm³/mol. The molecular weight excluding hydrogens is 400 g/mol. The molecule has 3 aromatic rings. The van der Waals surface area contributed by atoms with E-state index in [9.17, 15) is 13.2 Å². The summed E-state index contributed by atoms with van der Waals surface area (Å²) in [5.74, 6) is 1.00. The molecule has 1 saturated carbocycles. The molecule has 1 amide bonds. The van der Waals surface area contributed by atoms with Crippen molar-refractivity contribution in [3.8, 4) is 11.5 Å². The minimum atomic E-state index is -3.62. The number of hydrogen-bond donors (Lipinski definition) is 2. The van der Waals surface area contributed by atoms with Crippen molar-refractivity contribution >= 4 is 21.6 Å². The summed E-state index contributed by atoms with van der Waals surface area (Å²) in [6, 6.07) is 21.0. The van der Waals surface area contributed by atoms with Gasteiger partial charge < -0.3 is 10.1 Å². The highest BCUT2D eigenvalue weighted by molar-refractivity contribution is 7.89. The Morgan fingerprint density at radius 1 is 0.933 bits per heavy atom. The van der Waals surface area contributed by atoms with Gasteiger partial charge in [0.15, 0.2) is 0 Å². The van der Waals surface area contributed by atoms with E-state index in [2.05, 4.69) is 10.0 Å². The molecule has 0 atom stereocenters. The Bertz CT molecular complexity index is 1160. The SMILES string of the molecule is Cc1ccc(S(=O)(=O)NC2CC2)cc1C(=O)Nc1ccc(Oc2ccccc2)cc1. The molecule has 2 N–H and O–H groups in total. The Morgan fingerprint density at radius 3 is 2.27 bits per heavy atom. The largest absolute Gasteiger partial charge is 0.457 e. The average Bonchev–Trinajstić information content (AvgIpc) is 3.53. The van der Waals surface area contributed by atoms with Gasteiger partial charge in [-0.25, -0.2) is 13.1 Å². The van der Waals surface area contributed by atoms with Crippen LogP contribution in [0.2, 0.25) is 0 Å². The number of rotatable bonds is 7. The highest BCUT2D eigenvalue weighted by atomic mass is 32.2. The number of benzene rings is 3. The van der Waals surface area contributed by atoms with E-state index in [1.54, 1.807) is 37.3 Å². The third kappa shape index (κ3) is 4.87. The molecule has 0 unspecified atom stereocenters. The first-order chi connectivity index (χ1) is 14.4. The summed E-state index contributed by atoms with van der Waals surface area (Å²) in [6.07, 6.45) is 1.70. The molecule has 154 valence electrons. The minimum absolute atomic E-state index is 0.00481. The summed E-state index contributed by atoms with van der Waals surface area (Å²) >= 11 is 0. The van der Waals surface area contributed by atoms with Gasteiger partial charge in [0.25, 0.3) is 5.91 Å². The van der Waals surface area contributed by atoms with E-state index in [0.29, 0.717) is 22.6 Å². The number of para-hydroxylation sites is 1. The zero-order chi connectivity index (χ0) is 21.1. The second-order valence-electron chi connectivity index (χ2n) is 7.27. The topological polar surface area (TPSA) is 84.5 Å². The molecule has 0 aromatic heterocycles. The van der Waals surface area contributed by atoms with Crippen LogP contribution in [0.25, 0.3) is 0 Å². The number of nitrogens with one attached hydrogen (secondary N) is 2. The molecule has 7 heteroatoms. The Balaban J connectivity index is 1.47. The number of ether oxygens (including phenoxy) is 1. The summed E-state index contributed by atoms with van der Waals surface area (Å²) in [6.45, 7) is 1.77. The zero-order valence-corrected chi connectivity index (χ0v) is 17.3. The molecule has 1 aliphatic rings. The fourth-order valence-corrected chi connectivity index (χ4v) is 4.26. The maximum Gasteiger partial charge on any atom is 0.255 e. The van der Waals surface area contributed by atoms with Crippen LogP contribution in [-0.2, 0) is 10.0 Å². The van der Waals surface area contributed by atoms with Gasteiger partial charge in [0, 0.05) is 17.3 Å². The van der Waals surface area contributed by atoms with Crippen LogP contribution in [0.3, 0.4) is 0 Å². The Kier molecular flexibility index (Phi) is 5.57. The second kappa shape index (κ2) is 8.30. The van der Waals surface area contributed by atoms with E-state index in [1.165, 1.54) is 12.1 Å². The summed E-state index contributed by atoms with van der Waals surface area (Å²) in [5, 5.41) is 2.81. The van der Waals surface area contributed by atoms with Gasteiger partial charge >= 0.3 is 0 Å². The number of amides is 1. The number of carbonyl (C=O) groups excluding carboxylic acids is 1. The first-order valence-corrected chi connectivity index (χ1v) is 11.2. The number of aryl methyl sites for hydroxylation is 1. The number of anilines is 1. The Labute approximate surface area is 176 Å². The van der Waals surface area contributed by atoms with E-state index in [4.69, 9.17) is 4.74 Å². The minimum Gasteiger partial charge on any atom is -0.457 e. The van der Waals surface area contributed by atoms with E-state index >= 15 is 0 Å². The standard InChI is InChI=1S/C23H22N2O4S/c1-16-7-14-21(30(27,28)25-18-8-9-18)15-22(16)23(26)24-17-10-12-20(13-11-17)29-19-5-3-2-4-6-19/h2-7,10-15,18,25H,8-9H2,1H3,(H,24,26). The molecule has 0 saturated heterocycles. The van der Waals surface area contributed by atoms with Crippen LogP contribution < -0.4 is 14.8 Å². The van der Waals surface area contributed by atoms with Gasteiger partial charge in [0.2, 0.25) is 10.0 Å². The van der Waals surface area contributed by atoms with E-state index in [-0.39, 0.29) is 16.8 Å². The van der Waals surface area contributed by atoms with Gasteiger partial charge in [-0.3, -0.25) is 4.79 Å². The van der Waals surface area contributed by atoms with Gasteiger partial charge in [0.05, 0.1) is 4.90 Å². The number of sulfonamides is 1. The molecule has 0 spiro atoms. The van der Waals surface area contributed by atoms with Crippen LogP contribution in [0.1, 0.15) is 28.8 Å². The molecule has 6 nitrogen and oxygen atoms in total. The van der Waals surface area contributed by atoms with Crippen molar-refractivity contribution < 1.29 is 17.9 Å². The third-order valence-electron chi connectivity index (χ3n) is 4.75. The smallest absolute Gasteiger partial charge is 0.255 e. The highest BCUT2D eigenvalue weighted by Crippen LogP contribution is 2.25. The van der Waals surface area contributed by atoms with E-state index in [1.807, 2.05) is 30.3 Å². The fourth-order valence-electron chi connectivity index (χ4n) is 2.93. The van der Waals surface area contributed by atoms with E-state index in [0.717, 1.165) is 18.6 Å². The number of hydrogen-bond acceptors (Lipinski definition) is 4. The van der Waals surface area contributed by atoms with Gasteiger partial charge in [-0.2, -0.15) is 0 Å². The Hall–Kier alpha value is -3.16. The van der Waals surface area contributed by atoms with Crippen LogP contribution in [0, 0.1) is 6.92 Å². The zero-order valence-electron chi connectivity index (χ0n) is 16.5. The van der Waals surface area contributed by atoms with Crippen molar-refractivity contribution in [2.45, 2.75) is 30.7 Å². The van der Waals surface area contributed by atoms with Gasteiger partial charge in [-0.1, -0.05) is 24.3 Å². The molecule has 1 aliphatic carbocycles. The fraction of sp³-hybridized carbons (Fsp3) is 0.174. The van der Waals surface area contributed by atoms with Crippen LogP contribution in [0.15, 0.2) is 77.7 Å². The summed E-state index contributed by atoms with van der Waals surface area (Å²) in [5.41, 5.74) is 1.60. The van der Waals surface area contributed by atoms with Gasteiger partial charge in [-0.05, 0) is 73.9 Å². The predicted octanol–water partition coefficient (Wildman–Crippen LogP) is 4.48. The van der Waals surface area contributed by atoms with Crippen LogP contribution in [0.5, 0.6) is 11.5 Å². The maximum absolute atomic E-state index is 12.8. The highest BCUT2D eigenvalue weighted by Gasteiger charge is 2.28. The second-order valence-corrected chi connectivity index (χ2v) is 8.98. The first kappa shape index (κ1) is 20.1.